The van der Waals surface area contributed by atoms with Crippen molar-refractivity contribution in [3.63, 3.8) is 0 Å². The maximum atomic E-state index is 12.1. The Morgan fingerprint density at radius 3 is 2.00 bits per heavy atom. The first kappa shape index (κ1) is 11.8. The average Bonchev–Trinajstić information content (AvgIpc) is 2.51. The number of hydrogen-bond acceptors (Lipinski definition) is 3. The second kappa shape index (κ2) is 4.30. The van der Waals surface area contributed by atoms with E-state index in [2.05, 4.69) is 0 Å². The topological polar surface area (TPSA) is 57.6 Å². The largest absolute Gasteiger partial charge is 0.393 e. The lowest BCUT2D eigenvalue weighted by atomic mass is 10.1. The summed E-state index contributed by atoms with van der Waals surface area (Å²) in [6.07, 6.45) is -0.139. The first-order valence-electron chi connectivity index (χ1n) is 5.67. The van der Waals surface area contributed by atoms with Gasteiger partial charge in [-0.3, -0.25) is 14.5 Å². The van der Waals surface area contributed by atoms with Gasteiger partial charge in [0.2, 0.25) is 0 Å². The molecule has 90 valence electrons. The third-order valence-corrected chi connectivity index (χ3v) is 2.95. The first-order chi connectivity index (χ1) is 8.02. The van der Waals surface area contributed by atoms with Crippen LogP contribution in [-0.2, 0) is 0 Å². The molecule has 2 rings (SSSR count). The standard InChI is InChI=1S/C13H15NO3/c1-8(7-9(2)15)14-12(16)10-5-3-4-6-11(10)13(14)17/h3-6,8-9,15H,7H2,1-2H3/t8-,9+/m1/s1. The smallest absolute Gasteiger partial charge is 0.261 e. The van der Waals surface area contributed by atoms with Crippen molar-refractivity contribution in [3.05, 3.63) is 35.4 Å². The van der Waals surface area contributed by atoms with Crippen molar-refractivity contribution in [3.8, 4) is 0 Å². The van der Waals surface area contributed by atoms with E-state index in [-0.39, 0.29) is 17.9 Å². The lowest BCUT2D eigenvalue weighted by Gasteiger charge is -2.23. The van der Waals surface area contributed by atoms with E-state index < -0.39 is 6.10 Å². The van der Waals surface area contributed by atoms with E-state index in [1.54, 1.807) is 38.1 Å². The second-order valence-electron chi connectivity index (χ2n) is 4.46. The third kappa shape index (κ3) is 1.96. The van der Waals surface area contributed by atoms with Crippen LogP contribution in [0, 0.1) is 0 Å². The van der Waals surface area contributed by atoms with Crippen molar-refractivity contribution in [1.29, 1.82) is 0 Å². The summed E-state index contributed by atoms with van der Waals surface area (Å²) in [4.78, 5) is 25.3. The molecule has 1 aliphatic rings. The summed E-state index contributed by atoms with van der Waals surface area (Å²) in [6.45, 7) is 3.42. The fourth-order valence-corrected chi connectivity index (χ4v) is 2.21. The van der Waals surface area contributed by atoms with Crippen LogP contribution in [0.5, 0.6) is 0 Å². The number of nitrogens with zero attached hydrogens (tertiary/aromatic N) is 1. The molecule has 0 aromatic heterocycles. The van der Waals surface area contributed by atoms with E-state index in [9.17, 15) is 14.7 Å². The Morgan fingerprint density at radius 1 is 1.12 bits per heavy atom. The Labute approximate surface area is 99.9 Å². The van der Waals surface area contributed by atoms with Crippen LogP contribution in [0.4, 0.5) is 0 Å². The normalized spacial score (nSPS) is 18.2. The van der Waals surface area contributed by atoms with Gasteiger partial charge in [-0.15, -0.1) is 0 Å². The fourth-order valence-electron chi connectivity index (χ4n) is 2.21. The molecule has 0 aliphatic carbocycles. The number of aliphatic hydroxyl groups is 1. The van der Waals surface area contributed by atoms with Crippen LogP contribution in [-0.4, -0.2) is 34.0 Å². The van der Waals surface area contributed by atoms with E-state index in [1.807, 2.05) is 0 Å². The highest BCUT2D eigenvalue weighted by atomic mass is 16.3. The summed E-state index contributed by atoms with van der Waals surface area (Å²) in [7, 11) is 0. The van der Waals surface area contributed by atoms with Crippen molar-refractivity contribution in [2.45, 2.75) is 32.4 Å². The number of amides is 2. The predicted molar refractivity (Wildman–Crippen MR) is 62.7 cm³/mol. The van der Waals surface area contributed by atoms with Gasteiger partial charge in [0.25, 0.3) is 11.8 Å². The summed E-state index contributed by atoms with van der Waals surface area (Å²) >= 11 is 0. The minimum atomic E-state index is -0.533. The molecule has 0 bridgehead atoms. The maximum absolute atomic E-state index is 12.1. The molecule has 0 spiro atoms. The summed E-state index contributed by atoms with van der Waals surface area (Å²) in [5.41, 5.74) is 0.907. The van der Waals surface area contributed by atoms with Crippen molar-refractivity contribution in [2.75, 3.05) is 0 Å². The Hall–Kier alpha value is -1.68. The molecule has 1 aliphatic heterocycles. The second-order valence-corrected chi connectivity index (χ2v) is 4.46. The highest BCUT2D eigenvalue weighted by molar-refractivity contribution is 6.21. The summed E-state index contributed by atoms with van der Waals surface area (Å²) < 4.78 is 0. The molecule has 2 amide bonds. The Kier molecular flexibility index (Phi) is 2.98. The van der Waals surface area contributed by atoms with E-state index in [1.165, 1.54) is 4.90 Å². The molecule has 0 unspecified atom stereocenters. The van der Waals surface area contributed by atoms with Gasteiger partial charge < -0.3 is 5.11 Å². The molecular formula is C13H15NO3. The zero-order valence-corrected chi connectivity index (χ0v) is 9.88. The number of aliphatic hydroxyl groups excluding tert-OH is 1. The third-order valence-electron chi connectivity index (χ3n) is 2.95. The van der Waals surface area contributed by atoms with Gasteiger partial charge in [-0.25, -0.2) is 0 Å². The van der Waals surface area contributed by atoms with Gasteiger partial charge in [0.15, 0.2) is 0 Å². The van der Waals surface area contributed by atoms with Crippen LogP contribution in [0.2, 0.25) is 0 Å². The minimum Gasteiger partial charge on any atom is -0.393 e. The molecule has 4 heteroatoms. The van der Waals surface area contributed by atoms with Gasteiger partial charge in [-0.05, 0) is 32.4 Å². The van der Waals surface area contributed by atoms with Crippen LogP contribution in [0.25, 0.3) is 0 Å². The van der Waals surface area contributed by atoms with Crippen molar-refractivity contribution in [1.82, 2.24) is 4.90 Å². The summed E-state index contributed by atoms with van der Waals surface area (Å²) in [5.74, 6) is -0.530. The first-order valence-corrected chi connectivity index (χ1v) is 5.67. The van der Waals surface area contributed by atoms with Gasteiger partial charge in [0, 0.05) is 6.04 Å². The molecule has 4 nitrogen and oxygen atoms in total. The van der Waals surface area contributed by atoms with E-state index in [0.717, 1.165) is 0 Å². The molecule has 0 radical (unpaired) electrons. The monoisotopic (exact) mass is 233 g/mol. The average molecular weight is 233 g/mol. The number of carbonyl (C=O) groups excluding carboxylic acids is 2. The van der Waals surface area contributed by atoms with Gasteiger partial charge >= 0.3 is 0 Å². The van der Waals surface area contributed by atoms with Crippen LogP contribution in [0.15, 0.2) is 24.3 Å². The van der Waals surface area contributed by atoms with E-state index >= 15 is 0 Å². The van der Waals surface area contributed by atoms with Gasteiger partial charge in [-0.1, -0.05) is 12.1 Å². The van der Waals surface area contributed by atoms with E-state index in [4.69, 9.17) is 0 Å². The van der Waals surface area contributed by atoms with Gasteiger partial charge in [0.1, 0.15) is 0 Å². The molecule has 2 atom stereocenters. The van der Waals surface area contributed by atoms with Gasteiger partial charge in [0.05, 0.1) is 17.2 Å². The lowest BCUT2D eigenvalue weighted by Crippen LogP contribution is -2.39. The van der Waals surface area contributed by atoms with Crippen LogP contribution in [0.3, 0.4) is 0 Å². The summed E-state index contributed by atoms with van der Waals surface area (Å²) in [5, 5.41) is 9.32. The fraction of sp³-hybridized carbons (Fsp3) is 0.385. The Morgan fingerprint density at radius 2 is 1.59 bits per heavy atom. The zero-order chi connectivity index (χ0) is 12.6. The predicted octanol–water partition coefficient (Wildman–Crippen LogP) is 1.44. The Bertz CT molecular complexity index is 432. The maximum Gasteiger partial charge on any atom is 0.261 e. The Balaban J connectivity index is 2.30. The number of hydrogen-bond donors (Lipinski definition) is 1. The van der Waals surface area contributed by atoms with Crippen molar-refractivity contribution in [2.24, 2.45) is 0 Å². The molecule has 17 heavy (non-hydrogen) atoms. The minimum absolute atomic E-state index is 0.265. The molecule has 1 N–H and O–H groups in total. The number of benzene rings is 1. The molecule has 1 heterocycles. The molecular weight excluding hydrogens is 218 g/mol. The number of imide groups is 1. The number of fused-ring (bicyclic) bond motifs is 1. The zero-order valence-electron chi connectivity index (χ0n) is 9.88. The van der Waals surface area contributed by atoms with Crippen molar-refractivity contribution >= 4 is 11.8 Å². The quantitative estimate of drug-likeness (QED) is 0.804. The van der Waals surface area contributed by atoms with Crippen LogP contribution >= 0.6 is 0 Å². The SMILES string of the molecule is C[C@H](O)C[C@@H](C)N1C(=O)c2ccccc2C1=O. The summed E-state index contributed by atoms with van der Waals surface area (Å²) in [6, 6.07) is 6.51. The lowest BCUT2D eigenvalue weighted by molar-refractivity contribution is 0.0546. The molecule has 0 saturated heterocycles. The number of rotatable bonds is 3. The van der Waals surface area contributed by atoms with E-state index in [0.29, 0.717) is 17.5 Å². The molecule has 0 fully saturated rings. The highest BCUT2D eigenvalue weighted by Gasteiger charge is 2.38. The van der Waals surface area contributed by atoms with Crippen LogP contribution < -0.4 is 0 Å². The number of carbonyl (C=O) groups is 2. The highest BCUT2D eigenvalue weighted by Crippen LogP contribution is 2.25. The van der Waals surface area contributed by atoms with Crippen molar-refractivity contribution < 1.29 is 14.7 Å². The molecule has 1 aromatic rings. The van der Waals surface area contributed by atoms with Crippen LogP contribution in [0.1, 0.15) is 41.0 Å². The molecule has 0 saturated carbocycles. The molecule has 1 aromatic carbocycles. The van der Waals surface area contributed by atoms with Gasteiger partial charge in [-0.2, -0.15) is 0 Å².